The predicted molar refractivity (Wildman–Crippen MR) is 55.7 cm³/mol. The highest BCUT2D eigenvalue weighted by Gasteiger charge is 2.15. The summed E-state index contributed by atoms with van der Waals surface area (Å²) in [5.74, 6) is 0. The van der Waals surface area contributed by atoms with Crippen molar-refractivity contribution < 1.29 is 0 Å². The zero-order valence-electron chi connectivity index (χ0n) is 7.08. The number of allylic oxidation sites excluding steroid dienone is 5. The maximum absolute atomic E-state index is 3.66. The molecule has 60 valence electrons. The monoisotopic (exact) mass is 166 g/mol. The van der Waals surface area contributed by atoms with Crippen LogP contribution >= 0.6 is 10.0 Å². The van der Waals surface area contributed by atoms with Gasteiger partial charge in [-0.1, -0.05) is 30.9 Å². The normalized spacial score (nSPS) is 35.3. The fourth-order valence-corrected chi connectivity index (χ4v) is 2.70. The first-order valence-electron chi connectivity index (χ1n) is 3.61. The molecule has 0 saturated carbocycles. The highest BCUT2D eigenvalue weighted by atomic mass is 32.3. The molecule has 11 heavy (non-hydrogen) atoms. The Morgan fingerprint density at radius 1 is 1.55 bits per heavy atom. The highest BCUT2D eigenvalue weighted by molar-refractivity contribution is 8.41. The smallest absolute Gasteiger partial charge is 0.0238 e. The third kappa shape index (κ3) is 1.66. The second-order valence-corrected chi connectivity index (χ2v) is 6.00. The molecule has 0 amide bonds. The zero-order valence-corrected chi connectivity index (χ0v) is 7.90. The molecule has 1 aliphatic heterocycles. The van der Waals surface area contributed by atoms with Crippen molar-refractivity contribution >= 4 is 10.0 Å². The minimum Gasteiger partial charge on any atom is -0.181 e. The first-order chi connectivity index (χ1) is 5.19. The van der Waals surface area contributed by atoms with Crippen molar-refractivity contribution in [3.05, 3.63) is 46.6 Å². The van der Waals surface area contributed by atoms with Gasteiger partial charge in [-0.05, 0) is 28.9 Å². The summed E-state index contributed by atoms with van der Waals surface area (Å²) in [6, 6.07) is 0. The molecule has 0 aromatic heterocycles. The van der Waals surface area contributed by atoms with Crippen molar-refractivity contribution in [1.29, 1.82) is 0 Å². The van der Waals surface area contributed by atoms with Gasteiger partial charge in [0.05, 0.1) is 0 Å². The molecule has 0 saturated heterocycles. The minimum absolute atomic E-state index is 0.716. The van der Waals surface area contributed by atoms with E-state index >= 15 is 0 Å². The summed E-state index contributed by atoms with van der Waals surface area (Å²) in [7, 11) is -0.716. The lowest BCUT2D eigenvalue weighted by Gasteiger charge is -2.25. The van der Waals surface area contributed by atoms with E-state index < -0.39 is 10.0 Å². The van der Waals surface area contributed by atoms with Gasteiger partial charge >= 0.3 is 0 Å². The van der Waals surface area contributed by atoms with Gasteiger partial charge in [-0.25, -0.2) is 0 Å². The van der Waals surface area contributed by atoms with Crippen LogP contribution in [0, 0.1) is 0 Å². The molecular weight excluding hydrogens is 152 g/mol. The van der Waals surface area contributed by atoms with E-state index in [0.717, 1.165) is 0 Å². The fraction of sp³-hybridized carbons (Fsp3) is 0.200. The number of rotatable bonds is 2. The molecule has 1 rings (SSSR count). The van der Waals surface area contributed by atoms with Crippen LogP contribution in [-0.2, 0) is 0 Å². The van der Waals surface area contributed by atoms with Crippen LogP contribution in [0.4, 0.5) is 0 Å². The van der Waals surface area contributed by atoms with Gasteiger partial charge in [-0.3, -0.25) is 0 Å². The SMILES string of the molecule is C=C/C=C\S1(C)C=CC=C1C. The second-order valence-electron chi connectivity index (χ2n) is 2.72. The summed E-state index contributed by atoms with van der Waals surface area (Å²) < 4.78 is 0. The summed E-state index contributed by atoms with van der Waals surface area (Å²) in [5, 5.41) is 4.53. The Bertz CT molecular complexity index is 246. The molecule has 0 aromatic carbocycles. The average molecular weight is 166 g/mol. The van der Waals surface area contributed by atoms with E-state index in [0.29, 0.717) is 0 Å². The summed E-state index contributed by atoms with van der Waals surface area (Å²) >= 11 is 0. The Morgan fingerprint density at radius 3 is 2.73 bits per heavy atom. The maximum Gasteiger partial charge on any atom is -0.0238 e. The Hall–Kier alpha value is -0.690. The molecular formula is C10H14S. The maximum atomic E-state index is 3.66. The quantitative estimate of drug-likeness (QED) is 0.550. The third-order valence-electron chi connectivity index (χ3n) is 1.88. The second kappa shape index (κ2) is 3.14. The van der Waals surface area contributed by atoms with Crippen LogP contribution in [0.5, 0.6) is 0 Å². The van der Waals surface area contributed by atoms with Gasteiger partial charge in [0.15, 0.2) is 0 Å². The van der Waals surface area contributed by atoms with Crippen molar-refractivity contribution in [2.45, 2.75) is 6.92 Å². The molecule has 0 nitrogen and oxygen atoms in total. The van der Waals surface area contributed by atoms with Crippen molar-refractivity contribution in [2.75, 3.05) is 6.26 Å². The van der Waals surface area contributed by atoms with E-state index in [4.69, 9.17) is 0 Å². The Labute approximate surface area is 70.3 Å². The summed E-state index contributed by atoms with van der Waals surface area (Å²) in [6.07, 6.45) is 10.5. The van der Waals surface area contributed by atoms with Crippen molar-refractivity contribution in [3.63, 3.8) is 0 Å². The highest BCUT2D eigenvalue weighted by Crippen LogP contribution is 2.57. The molecule has 1 heteroatoms. The van der Waals surface area contributed by atoms with Gasteiger partial charge < -0.3 is 0 Å². The summed E-state index contributed by atoms with van der Waals surface area (Å²) in [4.78, 5) is 1.47. The topological polar surface area (TPSA) is 0 Å². The van der Waals surface area contributed by atoms with E-state index in [1.807, 2.05) is 12.2 Å². The molecule has 0 aliphatic carbocycles. The lowest BCUT2D eigenvalue weighted by atomic mass is 10.5. The van der Waals surface area contributed by atoms with Crippen LogP contribution in [0.2, 0.25) is 0 Å². The first kappa shape index (κ1) is 8.41. The predicted octanol–water partition coefficient (Wildman–Crippen LogP) is 3.55. The Balaban J connectivity index is 2.83. The molecule has 0 aromatic rings. The van der Waals surface area contributed by atoms with Crippen molar-refractivity contribution in [2.24, 2.45) is 0 Å². The average Bonchev–Trinajstić information content (AvgIpc) is 2.30. The lowest BCUT2D eigenvalue weighted by molar-refractivity contribution is 1.68. The van der Waals surface area contributed by atoms with Crippen molar-refractivity contribution in [1.82, 2.24) is 0 Å². The molecule has 0 N–H and O–H groups in total. The van der Waals surface area contributed by atoms with Gasteiger partial charge in [0, 0.05) is 0 Å². The van der Waals surface area contributed by atoms with Gasteiger partial charge in [0.2, 0.25) is 0 Å². The molecule has 0 spiro atoms. The Morgan fingerprint density at radius 2 is 2.27 bits per heavy atom. The van der Waals surface area contributed by atoms with Crippen LogP contribution < -0.4 is 0 Å². The third-order valence-corrected chi connectivity index (χ3v) is 4.85. The van der Waals surface area contributed by atoms with E-state index in [1.54, 1.807) is 0 Å². The van der Waals surface area contributed by atoms with Crippen molar-refractivity contribution in [3.8, 4) is 0 Å². The van der Waals surface area contributed by atoms with Gasteiger partial charge in [-0.2, -0.15) is 10.0 Å². The molecule has 1 aliphatic rings. The molecule has 0 fully saturated rings. The van der Waals surface area contributed by atoms with Crippen LogP contribution in [0.1, 0.15) is 6.92 Å². The zero-order chi connectivity index (χ0) is 8.32. The summed E-state index contributed by atoms with van der Waals surface area (Å²) in [5.41, 5.74) is 0. The van der Waals surface area contributed by atoms with Crippen LogP contribution in [0.25, 0.3) is 0 Å². The largest absolute Gasteiger partial charge is 0.181 e. The van der Waals surface area contributed by atoms with Gasteiger partial charge in [0.1, 0.15) is 0 Å². The van der Waals surface area contributed by atoms with E-state index in [2.05, 4.69) is 42.7 Å². The molecule has 1 atom stereocenters. The standard InChI is InChI=1S/C10H14S/c1-4-5-8-11(3)9-6-7-10(11)2/h4-9H,1H2,2-3H3/b8-5-. The van der Waals surface area contributed by atoms with E-state index in [1.165, 1.54) is 4.91 Å². The van der Waals surface area contributed by atoms with E-state index in [-0.39, 0.29) is 0 Å². The fourth-order valence-electron chi connectivity index (χ4n) is 0.963. The number of hydrogen-bond donors (Lipinski definition) is 0. The molecule has 1 heterocycles. The Kier molecular flexibility index (Phi) is 2.40. The summed E-state index contributed by atoms with van der Waals surface area (Å²) in [6.45, 7) is 5.84. The number of hydrogen-bond acceptors (Lipinski definition) is 0. The van der Waals surface area contributed by atoms with Gasteiger partial charge in [0.25, 0.3) is 0 Å². The van der Waals surface area contributed by atoms with E-state index in [9.17, 15) is 0 Å². The molecule has 0 radical (unpaired) electrons. The lowest BCUT2D eigenvalue weighted by Crippen LogP contribution is -1.85. The minimum atomic E-state index is -0.716. The van der Waals surface area contributed by atoms with Crippen LogP contribution in [0.3, 0.4) is 0 Å². The van der Waals surface area contributed by atoms with Gasteiger partial charge in [-0.15, -0.1) is 0 Å². The first-order valence-corrected chi connectivity index (χ1v) is 5.78. The molecule has 1 unspecified atom stereocenters. The van der Waals surface area contributed by atoms with Crippen LogP contribution in [-0.4, -0.2) is 6.26 Å². The molecule has 0 bridgehead atoms. The van der Waals surface area contributed by atoms with Crippen LogP contribution in [0.15, 0.2) is 46.6 Å².